The number of nitrogens with zero attached hydrogens (tertiary/aromatic N) is 7. The van der Waals surface area contributed by atoms with Gasteiger partial charge in [0.25, 0.3) is 0 Å². The van der Waals surface area contributed by atoms with Crippen LogP contribution >= 0.6 is 0 Å². The first-order valence-electron chi connectivity index (χ1n) is 10.6. The molecule has 0 aromatic carbocycles. The molecule has 164 valence electrons. The van der Waals surface area contributed by atoms with Gasteiger partial charge in [-0.15, -0.1) is 0 Å². The second-order valence-electron chi connectivity index (χ2n) is 8.04. The largest absolute Gasteiger partial charge is 0.368 e. The third-order valence-electron chi connectivity index (χ3n) is 6.11. The van der Waals surface area contributed by atoms with Crippen molar-refractivity contribution in [2.75, 3.05) is 22.9 Å². The fourth-order valence-corrected chi connectivity index (χ4v) is 4.50. The van der Waals surface area contributed by atoms with Gasteiger partial charge < -0.3 is 15.5 Å². The highest BCUT2D eigenvalue weighted by molar-refractivity contribution is 5.84. The van der Waals surface area contributed by atoms with Crippen LogP contribution < -0.4 is 15.5 Å². The summed E-state index contributed by atoms with van der Waals surface area (Å²) in [6.45, 7) is 3.27. The Balaban J connectivity index is 1.45. The highest BCUT2D eigenvalue weighted by Gasteiger charge is 2.32. The topological polar surface area (TPSA) is 114 Å². The molecule has 2 atom stereocenters. The zero-order valence-electron chi connectivity index (χ0n) is 17.6. The molecular formula is C22H23FN8O. The third-order valence-corrected chi connectivity index (χ3v) is 6.11. The molecular weight excluding hydrogens is 411 g/mol. The van der Waals surface area contributed by atoms with Crippen molar-refractivity contribution in [3.63, 3.8) is 0 Å². The number of nitrogens with two attached hydrogens (primary N) is 1. The highest BCUT2D eigenvalue weighted by atomic mass is 19.1. The van der Waals surface area contributed by atoms with Gasteiger partial charge in [-0.25, -0.2) is 29.3 Å². The summed E-state index contributed by atoms with van der Waals surface area (Å²) < 4.78 is 14.6. The van der Waals surface area contributed by atoms with Crippen LogP contribution in [0, 0.1) is 5.82 Å². The Morgan fingerprint density at radius 3 is 2.56 bits per heavy atom. The molecule has 10 heteroatoms. The van der Waals surface area contributed by atoms with Crippen molar-refractivity contribution in [2.24, 2.45) is 5.73 Å². The number of carbonyl (C=O) groups is 1. The van der Waals surface area contributed by atoms with E-state index in [1.165, 1.54) is 12.1 Å². The molecule has 2 aliphatic heterocycles. The van der Waals surface area contributed by atoms with E-state index in [2.05, 4.69) is 19.9 Å². The number of hydrogen-bond donors (Lipinski definition) is 1. The number of halogens is 1. The SMILES string of the molecule is CC1c2cnc(-c3ncccn3)nc2CCN1c1cc(F)cc(N2CCCC2C(N)=O)n1. The van der Waals surface area contributed by atoms with E-state index >= 15 is 0 Å². The smallest absolute Gasteiger partial charge is 0.240 e. The number of rotatable bonds is 4. The molecule has 2 unspecified atom stereocenters. The molecule has 32 heavy (non-hydrogen) atoms. The summed E-state index contributed by atoms with van der Waals surface area (Å²) in [5.41, 5.74) is 7.42. The van der Waals surface area contributed by atoms with Crippen LogP contribution in [-0.2, 0) is 11.2 Å². The van der Waals surface area contributed by atoms with Crippen LogP contribution in [0.3, 0.4) is 0 Å². The van der Waals surface area contributed by atoms with Crippen LogP contribution in [0.15, 0.2) is 36.8 Å². The molecule has 1 amide bonds. The Bertz CT molecular complexity index is 1160. The quantitative estimate of drug-likeness (QED) is 0.664. The maximum absolute atomic E-state index is 14.6. The van der Waals surface area contributed by atoms with Crippen LogP contribution in [0.5, 0.6) is 0 Å². The van der Waals surface area contributed by atoms with Crippen LogP contribution in [0.1, 0.15) is 37.1 Å². The minimum atomic E-state index is -0.455. The second-order valence-corrected chi connectivity index (χ2v) is 8.04. The van der Waals surface area contributed by atoms with Gasteiger partial charge in [-0.05, 0) is 25.8 Å². The van der Waals surface area contributed by atoms with Gasteiger partial charge in [-0.2, -0.15) is 0 Å². The van der Waals surface area contributed by atoms with Gasteiger partial charge >= 0.3 is 0 Å². The first kappa shape index (κ1) is 20.2. The van der Waals surface area contributed by atoms with Crippen molar-refractivity contribution in [2.45, 2.75) is 38.3 Å². The van der Waals surface area contributed by atoms with Gasteiger partial charge in [0.2, 0.25) is 5.91 Å². The van der Waals surface area contributed by atoms with E-state index in [9.17, 15) is 9.18 Å². The van der Waals surface area contributed by atoms with Crippen molar-refractivity contribution in [3.8, 4) is 11.6 Å². The highest BCUT2D eigenvalue weighted by Crippen LogP contribution is 2.34. The summed E-state index contributed by atoms with van der Waals surface area (Å²) in [5.74, 6) is 1.12. The number of aromatic nitrogens is 5. The van der Waals surface area contributed by atoms with Gasteiger partial charge in [0, 0.05) is 55.8 Å². The Kier molecular flexibility index (Phi) is 5.12. The lowest BCUT2D eigenvalue weighted by Crippen LogP contribution is -2.41. The first-order chi connectivity index (χ1) is 15.5. The van der Waals surface area contributed by atoms with Gasteiger partial charge in [-0.3, -0.25) is 4.79 Å². The van der Waals surface area contributed by atoms with Crippen LogP contribution in [0.4, 0.5) is 16.0 Å². The Labute approximate surface area is 184 Å². The molecule has 0 radical (unpaired) electrons. The van der Waals surface area contributed by atoms with Crippen LogP contribution in [0.2, 0.25) is 0 Å². The molecule has 0 spiro atoms. The molecule has 3 aromatic rings. The van der Waals surface area contributed by atoms with Crippen molar-refractivity contribution in [1.82, 2.24) is 24.9 Å². The number of hydrogen-bond acceptors (Lipinski definition) is 8. The minimum absolute atomic E-state index is 0.0999. The average Bonchev–Trinajstić information content (AvgIpc) is 3.30. The predicted molar refractivity (Wildman–Crippen MR) is 116 cm³/mol. The fraction of sp³-hybridized carbons (Fsp3) is 0.364. The number of pyridine rings is 1. The molecule has 1 fully saturated rings. The molecule has 5 rings (SSSR count). The predicted octanol–water partition coefficient (Wildman–Crippen LogP) is 2.05. The van der Waals surface area contributed by atoms with Crippen LogP contribution in [-0.4, -0.2) is 50.0 Å². The maximum atomic E-state index is 14.6. The van der Waals surface area contributed by atoms with Crippen molar-refractivity contribution in [1.29, 1.82) is 0 Å². The lowest BCUT2D eigenvalue weighted by molar-refractivity contribution is -0.119. The van der Waals surface area contributed by atoms with Crippen molar-refractivity contribution >= 4 is 17.5 Å². The van der Waals surface area contributed by atoms with E-state index in [4.69, 9.17) is 10.7 Å². The summed E-state index contributed by atoms with van der Waals surface area (Å²) >= 11 is 0. The Morgan fingerprint density at radius 2 is 1.81 bits per heavy atom. The molecule has 0 aliphatic carbocycles. The van der Waals surface area contributed by atoms with E-state index < -0.39 is 17.8 Å². The number of amides is 1. The number of fused-ring (bicyclic) bond motifs is 1. The number of carbonyl (C=O) groups excluding carboxylic acids is 1. The van der Waals surface area contributed by atoms with Crippen LogP contribution in [0.25, 0.3) is 11.6 Å². The summed E-state index contributed by atoms with van der Waals surface area (Å²) in [7, 11) is 0. The Morgan fingerprint density at radius 1 is 1.06 bits per heavy atom. The third kappa shape index (κ3) is 3.61. The summed E-state index contributed by atoms with van der Waals surface area (Å²) in [6.07, 6.45) is 7.23. The van der Waals surface area contributed by atoms with E-state index in [-0.39, 0.29) is 6.04 Å². The monoisotopic (exact) mass is 434 g/mol. The van der Waals surface area contributed by atoms with E-state index in [1.807, 2.05) is 11.8 Å². The van der Waals surface area contributed by atoms with E-state index in [0.717, 1.165) is 17.7 Å². The normalized spacial score (nSPS) is 20.3. The summed E-state index contributed by atoms with van der Waals surface area (Å²) in [4.78, 5) is 37.9. The van der Waals surface area contributed by atoms with Crippen molar-refractivity contribution < 1.29 is 9.18 Å². The maximum Gasteiger partial charge on any atom is 0.240 e. The van der Waals surface area contributed by atoms with Gasteiger partial charge in [0.05, 0.1) is 11.7 Å². The minimum Gasteiger partial charge on any atom is -0.368 e. The zero-order valence-corrected chi connectivity index (χ0v) is 17.6. The number of primary amides is 1. The molecule has 1 saturated heterocycles. The molecule has 3 aromatic heterocycles. The first-order valence-corrected chi connectivity index (χ1v) is 10.6. The lowest BCUT2D eigenvalue weighted by atomic mass is 9.99. The van der Waals surface area contributed by atoms with Crippen molar-refractivity contribution in [3.05, 3.63) is 53.9 Å². The summed E-state index contributed by atoms with van der Waals surface area (Å²) in [5, 5.41) is 0. The Hall–Kier alpha value is -3.69. The standard InChI is InChI=1S/C22H23FN8O/c1-13-15-12-27-22(21-25-6-3-7-26-21)28-16(15)5-9-30(13)18-10-14(23)11-19(29-18)31-8-2-4-17(31)20(24)32/h3,6-7,10-13,17H,2,4-5,8-9H2,1H3,(H2,24,32). The van der Waals surface area contributed by atoms with Gasteiger partial charge in [0.15, 0.2) is 11.6 Å². The average molecular weight is 434 g/mol. The fourth-order valence-electron chi connectivity index (χ4n) is 4.50. The summed E-state index contributed by atoms with van der Waals surface area (Å²) in [6, 6.07) is 3.98. The lowest BCUT2D eigenvalue weighted by Gasteiger charge is -2.36. The molecule has 0 bridgehead atoms. The molecule has 2 aliphatic rings. The molecule has 9 nitrogen and oxygen atoms in total. The van der Waals surface area contributed by atoms with Gasteiger partial charge in [-0.1, -0.05) is 0 Å². The van der Waals surface area contributed by atoms with E-state index in [1.54, 1.807) is 29.6 Å². The zero-order chi connectivity index (χ0) is 22.2. The van der Waals surface area contributed by atoms with E-state index in [0.29, 0.717) is 49.2 Å². The molecule has 5 heterocycles. The molecule has 2 N–H and O–H groups in total. The molecule has 0 saturated carbocycles. The van der Waals surface area contributed by atoms with Gasteiger partial charge in [0.1, 0.15) is 23.5 Å². The number of anilines is 2. The second kappa shape index (κ2) is 8.10.